The van der Waals surface area contributed by atoms with Crippen molar-refractivity contribution in [3.63, 3.8) is 0 Å². The fourth-order valence-corrected chi connectivity index (χ4v) is 3.69. The highest BCUT2D eigenvalue weighted by atomic mass is 127. The summed E-state index contributed by atoms with van der Waals surface area (Å²) in [7, 11) is 0. The number of aliphatic imine (C=N–C) groups is 1. The number of nitrogens with two attached hydrogens (primary N) is 1. The average molecular weight is 508 g/mol. The topological polar surface area (TPSA) is 62.7 Å². The van der Waals surface area contributed by atoms with Crippen LogP contribution in [0, 0.1) is 12.7 Å². The van der Waals surface area contributed by atoms with Crippen molar-refractivity contribution in [3.8, 4) is 0 Å². The van der Waals surface area contributed by atoms with Crippen LogP contribution in [0.3, 0.4) is 0 Å². The summed E-state index contributed by atoms with van der Waals surface area (Å²) in [6.07, 6.45) is 0. The second kappa shape index (κ2) is 9.43. The van der Waals surface area contributed by atoms with E-state index in [2.05, 4.69) is 30.4 Å². The van der Waals surface area contributed by atoms with Gasteiger partial charge in [-0.3, -0.25) is 4.99 Å². The van der Waals surface area contributed by atoms with Gasteiger partial charge in [0.05, 0.1) is 17.6 Å². The van der Waals surface area contributed by atoms with E-state index < -0.39 is 0 Å². The maximum Gasteiger partial charge on any atom is 0.191 e. The van der Waals surface area contributed by atoms with E-state index in [-0.39, 0.29) is 29.8 Å². The number of benzene rings is 2. The number of para-hydroxylation sites is 2. The summed E-state index contributed by atoms with van der Waals surface area (Å²) in [5, 5.41) is 0. The Labute approximate surface area is 187 Å². The highest BCUT2D eigenvalue weighted by Crippen LogP contribution is 2.17. The Balaban J connectivity index is 0.00000240. The number of aromatic nitrogens is 2. The van der Waals surface area contributed by atoms with Crippen molar-refractivity contribution in [3.05, 3.63) is 60.2 Å². The maximum atomic E-state index is 13.1. The third kappa shape index (κ3) is 4.80. The Bertz CT molecular complexity index is 977. The second-order valence-electron chi connectivity index (χ2n) is 6.99. The number of piperazine rings is 1. The largest absolute Gasteiger partial charge is 0.370 e. The smallest absolute Gasteiger partial charge is 0.191 e. The first-order valence-corrected chi connectivity index (χ1v) is 9.59. The van der Waals surface area contributed by atoms with E-state index >= 15 is 0 Å². The summed E-state index contributed by atoms with van der Waals surface area (Å²) >= 11 is 0. The summed E-state index contributed by atoms with van der Waals surface area (Å²) in [5.74, 6) is 1.36. The molecule has 1 saturated heterocycles. The van der Waals surface area contributed by atoms with Crippen molar-refractivity contribution in [2.24, 2.45) is 10.7 Å². The van der Waals surface area contributed by atoms with Crippen LogP contribution in [0.4, 0.5) is 10.1 Å². The molecule has 2 N–H and O–H groups in total. The van der Waals surface area contributed by atoms with Gasteiger partial charge in [-0.2, -0.15) is 0 Å². The van der Waals surface area contributed by atoms with E-state index in [0.717, 1.165) is 55.3 Å². The molecule has 0 unspecified atom stereocenters. The van der Waals surface area contributed by atoms with E-state index in [1.165, 1.54) is 12.1 Å². The molecule has 1 aliphatic rings. The van der Waals surface area contributed by atoms with E-state index in [4.69, 9.17) is 5.73 Å². The number of hydrogen-bond acceptors (Lipinski definition) is 3. The van der Waals surface area contributed by atoms with Crippen molar-refractivity contribution < 1.29 is 4.39 Å². The van der Waals surface area contributed by atoms with Gasteiger partial charge in [-0.1, -0.05) is 12.1 Å². The van der Waals surface area contributed by atoms with Crippen molar-refractivity contribution in [2.45, 2.75) is 13.5 Å². The van der Waals surface area contributed by atoms with E-state index in [1.807, 2.05) is 37.3 Å². The lowest BCUT2D eigenvalue weighted by Gasteiger charge is -2.36. The fraction of sp³-hybridized carbons (Fsp3) is 0.333. The van der Waals surface area contributed by atoms with Crippen LogP contribution in [0.5, 0.6) is 0 Å². The molecule has 8 heteroatoms. The lowest BCUT2D eigenvalue weighted by Crippen LogP contribution is -2.51. The molecule has 6 nitrogen and oxygen atoms in total. The molecule has 0 atom stereocenters. The molecule has 1 aliphatic heterocycles. The van der Waals surface area contributed by atoms with Gasteiger partial charge in [0.2, 0.25) is 0 Å². The van der Waals surface area contributed by atoms with Crippen molar-refractivity contribution in [2.75, 3.05) is 37.6 Å². The molecule has 154 valence electrons. The van der Waals surface area contributed by atoms with Gasteiger partial charge in [0.25, 0.3) is 0 Å². The first kappa shape index (κ1) is 21.4. The zero-order valence-corrected chi connectivity index (χ0v) is 18.8. The number of fused-ring (bicyclic) bond motifs is 1. The standard InChI is InChI=1S/C21H25FN6.HI/c1-16-25-19-4-2-3-5-20(19)28(16)11-10-24-21(23)27-14-12-26(13-15-27)18-8-6-17(22)7-9-18;/h2-9H,10-15H2,1H3,(H2,23,24);1H. The van der Waals surface area contributed by atoms with Crippen LogP contribution in [-0.2, 0) is 6.54 Å². The molecule has 1 fully saturated rings. The minimum absolute atomic E-state index is 0. The minimum atomic E-state index is -0.209. The first-order valence-electron chi connectivity index (χ1n) is 9.59. The number of hydrogen-bond donors (Lipinski definition) is 1. The number of anilines is 1. The third-order valence-electron chi connectivity index (χ3n) is 5.24. The Kier molecular flexibility index (Phi) is 6.94. The summed E-state index contributed by atoms with van der Waals surface area (Å²) in [6.45, 7) is 6.68. The van der Waals surface area contributed by atoms with E-state index in [1.54, 1.807) is 0 Å². The van der Waals surface area contributed by atoms with Gasteiger partial charge in [-0.05, 0) is 43.3 Å². The summed E-state index contributed by atoms with van der Waals surface area (Å²) in [6, 6.07) is 14.8. The van der Waals surface area contributed by atoms with E-state index in [9.17, 15) is 4.39 Å². The highest BCUT2D eigenvalue weighted by molar-refractivity contribution is 14.0. The summed E-state index contributed by atoms with van der Waals surface area (Å²) in [5.41, 5.74) is 9.40. The van der Waals surface area contributed by atoms with Crippen LogP contribution < -0.4 is 10.6 Å². The number of rotatable bonds is 4. The molecule has 0 aliphatic carbocycles. The van der Waals surface area contributed by atoms with Gasteiger partial charge in [0.15, 0.2) is 5.96 Å². The number of aryl methyl sites for hydroxylation is 1. The molecular formula is C21H26FIN6. The quantitative estimate of drug-likeness (QED) is 0.334. The molecule has 2 heterocycles. The molecular weight excluding hydrogens is 482 g/mol. The highest BCUT2D eigenvalue weighted by Gasteiger charge is 2.18. The molecule has 1 aromatic heterocycles. The second-order valence-corrected chi connectivity index (χ2v) is 6.99. The number of imidazole rings is 1. The monoisotopic (exact) mass is 508 g/mol. The Hall–Kier alpha value is -2.36. The van der Waals surface area contributed by atoms with Crippen molar-refractivity contribution >= 4 is 46.7 Å². The number of nitrogens with zero attached hydrogens (tertiary/aromatic N) is 5. The van der Waals surface area contributed by atoms with Gasteiger partial charge < -0.3 is 20.1 Å². The van der Waals surface area contributed by atoms with Crippen LogP contribution in [-0.4, -0.2) is 53.1 Å². The summed E-state index contributed by atoms with van der Waals surface area (Å²) < 4.78 is 15.3. The van der Waals surface area contributed by atoms with Gasteiger partial charge in [-0.25, -0.2) is 9.37 Å². The molecule has 29 heavy (non-hydrogen) atoms. The van der Waals surface area contributed by atoms with Crippen LogP contribution in [0.15, 0.2) is 53.5 Å². The van der Waals surface area contributed by atoms with Gasteiger partial charge in [0, 0.05) is 38.4 Å². The van der Waals surface area contributed by atoms with Crippen LogP contribution in [0.25, 0.3) is 11.0 Å². The van der Waals surface area contributed by atoms with Gasteiger partial charge in [0.1, 0.15) is 11.6 Å². The molecule has 0 amide bonds. The predicted molar refractivity (Wildman–Crippen MR) is 127 cm³/mol. The average Bonchev–Trinajstić information content (AvgIpc) is 3.04. The van der Waals surface area contributed by atoms with Gasteiger partial charge >= 0.3 is 0 Å². The van der Waals surface area contributed by atoms with Crippen molar-refractivity contribution in [1.29, 1.82) is 0 Å². The normalized spacial score (nSPS) is 14.9. The van der Waals surface area contributed by atoms with Gasteiger partial charge in [-0.15, -0.1) is 24.0 Å². The van der Waals surface area contributed by atoms with Crippen LogP contribution >= 0.6 is 24.0 Å². The molecule has 4 rings (SSSR count). The lowest BCUT2D eigenvalue weighted by molar-refractivity contribution is 0.380. The minimum Gasteiger partial charge on any atom is -0.370 e. The Morgan fingerprint density at radius 3 is 2.48 bits per heavy atom. The van der Waals surface area contributed by atoms with E-state index in [0.29, 0.717) is 12.5 Å². The third-order valence-corrected chi connectivity index (χ3v) is 5.24. The number of guanidine groups is 1. The molecule has 2 aromatic carbocycles. The summed E-state index contributed by atoms with van der Waals surface area (Å²) in [4.78, 5) is 13.5. The molecule has 0 saturated carbocycles. The van der Waals surface area contributed by atoms with Crippen molar-refractivity contribution in [1.82, 2.24) is 14.5 Å². The zero-order chi connectivity index (χ0) is 19.5. The Morgan fingerprint density at radius 2 is 1.76 bits per heavy atom. The van der Waals surface area contributed by atoms with Crippen LogP contribution in [0.2, 0.25) is 0 Å². The number of halogens is 2. The van der Waals surface area contributed by atoms with Crippen LogP contribution in [0.1, 0.15) is 5.82 Å². The molecule has 0 radical (unpaired) electrons. The predicted octanol–water partition coefficient (Wildman–Crippen LogP) is 3.24. The molecule has 0 spiro atoms. The SMILES string of the molecule is Cc1nc2ccccc2n1CCN=C(N)N1CCN(c2ccc(F)cc2)CC1.I. The molecule has 0 bridgehead atoms. The zero-order valence-electron chi connectivity index (χ0n) is 16.5. The fourth-order valence-electron chi connectivity index (χ4n) is 3.69. The lowest BCUT2D eigenvalue weighted by atomic mass is 10.2. The first-order chi connectivity index (χ1) is 13.6. The molecule has 3 aromatic rings. The Morgan fingerprint density at radius 1 is 1.07 bits per heavy atom. The maximum absolute atomic E-state index is 13.1.